The maximum atomic E-state index is 12.1. The van der Waals surface area contributed by atoms with Crippen molar-refractivity contribution in [3.8, 4) is 5.75 Å². The molecule has 1 fully saturated rings. The molecule has 2 aromatic rings. The summed E-state index contributed by atoms with van der Waals surface area (Å²) in [6.07, 6.45) is 1.72. The predicted molar refractivity (Wildman–Crippen MR) is 85.8 cm³/mol. The zero-order chi connectivity index (χ0) is 16.4. The first-order valence-corrected chi connectivity index (χ1v) is 8.66. The van der Waals surface area contributed by atoms with Crippen LogP contribution in [0.25, 0.3) is 0 Å². The quantitative estimate of drug-likeness (QED) is 0.731. The summed E-state index contributed by atoms with van der Waals surface area (Å²) in [5.41, 5.74) is 0.600. The number of carbonyl (C=O) groups is 1. The van der Waals surface area contributed by atoms with E-state index in [-0.39, 0.29) is 16.7 Å². The third-order valence-electron chi connectivity index (χ3n) is 3.48. The van der Waals surface area contributed by atoms with Gasteiger partial charge in [0, 0.05) is 11.6 Å². The molecule has 1 amide bonds. The molecular formula is C16H16N2O4S. The van der Waals surface area contributed by atoms with Gasteiger partial charge in [-0.1, -0.05) is 12.1 Å². The standard InChI is InChI=1S/C16H16N2O4S/c19-15-4-2-1-3-14(15)17-16(20)11-5-9-13(10-6-11)23(21,22)18-12-7-8-12/h1-6,9-10,12,18-19H,7-8H2,(H,17,20). The molecule has 3 rings (SSSR count). The number of benzene rings is 2. The van der Waals surface area contributed by atoms with Crippen molar-refractivity contribution in [2.45, 2.75) is 23.8 Å². The Hall–Kier alpha value is -2.38. The lowest BCUT2D eigenvalue weighted by Crippen LogP contribution is -2.25. The number of carbonyl (C=O) groups excluding carboxylic acids is 1. The van der Waals surface area contributed by atoms with Gasteiger partial charge in [0.25, 0.3) is 5.91 Å². The molecule has 0 saturated heterocycles. The van der Waals surface area contributed by atoms with Crippen molar-refractivity contribution in [2.24, 2.45) is 0 Å². The van der Waals surface area contributed by atoms with Crippen LogP contribution in [-0.2, 0) is 10.0 Å². The predicted octanol–water partition coefficient (Wildman–Crippen LogP) is 2.09. The van der Waals surface area contributed by atoms with E-state index in [1.165, 1.54) is 30.3 Å². The zero-order valence-electron chi connectivity index (χ0n) is 12.2. The van der Waals surface area contributed by atoms with E-state index in [1.54, 1.807) is 18.2 Å². The highest BCUT2D eigenvalue weighted by atomic mass is 32.2. The van der Waals surface area contributed by atoms with E-state index in [0.717, 1.165) is 12.8 Å². The van der Waals surface area contributed by atoms with Crippen LogP contribution in [0.1, 0.15) is 23.2 Å². The lowest BCUT2D eigenvalue weighted by molar-refractivity contribution is 0.102. The number of amides is 1. The molecule has 0 heterocycles. The molecule has 7 heteroatoms. The number of rotatable bonds is 5. The van der Waals surface area contributed by atoms with Gasteiger partial charge in [0.05, 0.1) is 10.6 Å². The number of hydrogen-bond donors (Lipinski definition) is 3. The Kier molecular flexibility index (Phi) is 4.06. The van der Waals surface area contributed by atoms with Crippen molar-refractivity contribution in [1.29, 1.82) is 0 Å². The average molecular weight is 332 g/mol. The van der Waals surface area contributed by atoms with Crippen molar-refractivity contribution in [3.05, 3.63) is 54.1 Å². The average Bonchev–Trinajstić information content (AvgIpc) is 3.33. The van der Waals surface area contributed by atoms with Gasteiger partial charge in [-0.3, -0.25) is 4.79 Å². The van der Waals surface area contributed by atoms with E-state index in [9.17, 15) is 18.3 Å². The second-order valence-corrected chi connectivity index (χ2v) is 7.11. The molecule has 0 atom stereocenters. The summed E-state index contributed by atoms with van der Waals surface area (Å²) >= 11 is 0. The normalized spacial score (nSPS) is 14.4. The highest BCUT2D eigenvalue weighted by Gasteiger charge is 2.27. The number of phenolic OH excluding ortho intramolecular Hbond substituents is 1. The Balaban J connectivity index is 1.74. The lowest BCUT2D eigenvalue weighted by Gasteiger charge is -2.08. The summed E-state index contributed by atoms with van der Waals surface area (Å²) in [5, 5.41) is 12.2. The van der Waals surface area contributed by atoms with Crippen LogP contribution in [0.2, 0.25) is 0 Å². The highest BCUT2D eigenvalue weighted by molar-refractivity contribution is 7.89. The van der Waals surface area contributed by atoms with Crippen LogP contribution >= 0.6 is 0 Å². The van der Waals surface area contributed by atoms with Gasteiger partial charge in [0.2, 0.25) is 10.0 Å². The molecule has 3 N–H and O–H groups in total. The SMILES string of the molecule is O=C(Nc1ccccc1O)c1ccc(S(=O)(=O)NC2CC2)cc1. The van der Waals surface area contributed by atoms with Gasteiger partial charge in [-0.25, -0.2) is 13.1 Å². The van der Waals surface area contributed by atoms with Crippen LogP contribution in [0, 0.1) is 0 Å². The second kappa shape index (κ2) is 6.02. The van der Waals surface area contributed by atoms with Crippen molar-refractivity contribution in [2.75, 3.05) is 5.32 Å². The van der Waals surface area contributed by atoms with Crippen LogP contribution in [0.3, 0.4) is 0 Å². The molecule has 1 saturated carbocycles. The monoisotopic (exact) mass is 332 g/mol. The molecule has 2 aromatic carbocycles. The number of sulfonamides is 1. The van der Waals surface area contributed by atoms with Gasteiger partial charge in [-0.05, 0) is 49.2 Å². The summed E-state index contributed by atoms with van der Waals surface area (Å²) in [6, 6.07) is 12.1. The summed E-state index contributed by atoms with van der Waals surface area (Å²) in [7, 11) is -3.53. The minimum Gasteiger partial charge on any atom is -0.506 e. The summed E-state index contributed by atoms with van der Waals surface area (Å²) in [5.74, 6) is -0.459. The van der Waals surface area contributed by atoms with E-state index >= 15 is 0 Å². The molecular weight excluding hydrogens is 316 g/mol. The van der Waals surface area contributed by atoms with E-state index in [0.29, 0.717) is 11.3 Å². The Morgan fingerprint density at radius 3 is 2.30 bits per heavy atom. The maximum absolute atomic E-state index is 12.1. The van der Waals surface area contributed by atoms with Gasteiger partial charge in [0.1, 0.15) is 5.75 Å². The molecule has 1 aliphatic carbocycles. The van der Waals surface area contributed by atoms with Crippen molar-refractivity contribution in [3.63, 3.8) is 0 Å². The van der Waals surface area contributed by atoms with E-state index in [1.807, 2.05) is 0 Å². The molecule has 23 heavy (non-hydrogen) atoms. The molecule has 1 aliphatic rings. The molecule has 0 radical (unpaired) electrons. The van der Waals surface area contributed by atoms with Crippen molar-refractivity contribution >= 4 is 21.6 Å². The Morgan fingerprint density at radius 2 is 1.70 bits per heavy atom. The van der Waals surface area contributed by atoms with E-state index in [2.05, 4.69) is 10.0 Å². The number of phenols is 1. The Bertz CT molecular complexity index is 827. The lowest BCUT2D eigenvalue weighted by atomic mass is 10.2. The largest absolute Gasteiger partial charge is 0.506 e. The molecule has 0 spiro atoms. The molecule has 120 valence electrons. The van der Waals surface area contributed by atoms with E-state index in [4.69, 9.17) is 0 Å². The van der Waals surface area contributed by atoms with Crippen LogP contribution in [0.15, 0.2) is 53.4 Å². The first kappa shape index (κ1) is 15.5. The number of nitrogens with one attached hydrogen (secondary N) is 2. The first-order valence-electron chi connectivity index (χ1n) is 7.17. The topological polar surface area (TPSA) is 95.5 Å². The van der Waals surface area contributed by atoms with Crippen LogP contribution in [-0.4, -0.2) is 25.5 Å². The highest BCUT2D eigenvalue weighted by Crippen LogP contribution is 2.24. The van der Waals surface area contributed by atoms with Crippen LogP contribution in [0.4, 0.5) is 5.69 Å². The maximum Gasteiger partial charge on any atom is 0.255 e. The minimum absolute atomic E-state index is 0.0315. The molecule has 0 bridgehead atoms. The van der Waals surface area contributed by atoms with Gasteiger partial charge >= 0.3 is 0 Å². The summed E-state index contributed by atoms with van der Waals surface area (Å²) in [4.78, 5) is 12.3. The van der Waals surface area contributed by atoms with Gasteiger partial charge in [-0.2, -0.15) is 0 Å². The number of aromatic hydroxyl groups is 1. The minimum atomic E-state index is -3.53. The van der Waals surface area contributed by atoms with Gasteiger partial charge < -0.3 is 10.4 Å². The fourth-order valence-corrected chi connectivity index (χ4v) is 3.35. The number of anilines is 1. The van der Waals surface area contributed by atoms with Gasteiger partial charge in [-0.15, -0.1) is 0 Å². The smallest absolute Gasteiger partial charge is 0.255 e. The first-order chi connectivity index (χ1) is 11.0. The number of para-hydroxylation sites is 2. The number of hydrogen-bond acceptors (Lipinski definition) is 4. The fraction of sp³-hybridized carbons (Fsp3) is 0.188. The van der Waals surface area contributed by atoms with Crippen LogP contribution in [0.5, 0.6) is 5.75 Å². The molecule has 0 aromatic heterocycles. The Morgan fingerprint density at radius 1 is 1.04 bits per heavy atom. The molecule has 0 aliphatic heterocycles. The van der Waals surface area contributed by atoms with Gasteiger partial charge in [0.15, 0.2) is 0 Å². The third-order valence-corrected chi connectivity index (χ3v) is 5.01. The molecule has 6 nitrogen and oxygen atoms in total. The fourth-order valence-electron chi connectivity index (χ4n) is 2.05. The third kappa shape index (κ3) is 3.69. The summed E-state index contributed by atoms with van der Waals surface area (Å²) in [6.45, 7) is 0. The second-order valence-electron chi connectivity index (χ2n) is 5.39. The molecule has 0 unspecified atom stereocenters. The van der Waals surface area contributed by atoms with Crippen molar-refractivity contribution in [1.82, 2.24) is 4.72 Å². The van der Waals surface area contributed by atoms with E-state index < -0.39 is 15.9 Å². The zero-order valence-corrected chi connectivity index (χ0v) is 13.0. The Labute approximate surface area is 134 Å². The summed E-state index contributed by atoms with van der Waals surface area (Å²) < 4.78 is 26.7. The van der Waals surface area contributed by atoms with Crippen molar-refractivity contribution < 1.29 is 18.3 Å². The van der Waals surface area contributed by atoms with Crippen LogP contribution < -0.4 is 10.0 Å².